The Balaban J connectivity index is 3.07. The SMILES string of the molecule is O=c1[nH]c2cc(F)c([N+](=O)[O-])c(F)c2c(O)c1[N+](=O)[O-]. The molecule has 0 aliphatic carbocycles. The monoisotopic (exact) mass is 287 g/mol. The standard InChI is InChI=1S/C9H3F2N3O6/c10-2-1-3-4(5(11)6(2)13(17)18)8(15)7(14(19)20)9(16)12-3/h1H,(H2,12,15,16). The van der Waals surface area contributed by atoms with E-state index >= 15 is 0 Å². The van der Waals surface area contributed by atoms with Crippen molar-refractivity contribution in [2.75, 3.05) is 0 Å². The molecule has 0 bridgehead atoms. The van der Waals surface area contributed by atoms with E-state index in [1.54, 1.807) is 4.98 Å². The van der Waals surface area contributed by atoms with E-state index in [0.717, 1.165) is 0 Å². The molecular formula is C9H3F2N3O6. The number of aromatic hydroxyl groups is 1. The van der Waals surface area contributed by atoms with Crippen LogP contribution in [0.5, 0.6) is 5.75 Å². The van der Waals surface area contributed by atoms with Crippen molar-refractivity contribution in [1.29, 1.82) is 0 Å². The van der Waals surface area contributed by atoms with Gasteiger partial charge in [0.1, 0.15) is 0 Å². The lowest BCUT2D eigenvalue weighted by Gasteiger charge is -2.04. The highest BCUT2D eigenvalue weighted by Crippen LogP contribution is 2.36. The van der Waals surface area contributed by atoms with Gasteiger partial charge in [0, 0.05) is 6.07 Å². The quantitative estimate of drug-likeness (QED) is 0.630. The molecule has 1 heterocycles. The number of H-pyrrole nitrogens is 1. The Morgan fingerprint density at radius 2 is 1.70 bits per heavy atom. The van der Waals surface area contributed by atoms with E-state index in [4.69, 9.17) is 0 Å². The maximum absolute atomic E-state index is 13.8. The minimum absolute atomic E-state index is 0.390. The summed E-state index contributed by atoms with van der Waals surface area (Å²) in [7, 11) is 0. The van der Waals surface area contributed by atoms with Crippen LogP contribution in [-0.2, 0) is 0 Å². The molecule has 20 heavy (non-hydrogen) atoms. The highest BCUT2D eigenvalue weighted by atomic mass is 19.1. The number of pyridine rings is 1. The number of hydrogen-bond donors (Lipinski definition) is 2. The molecule has 0 amide bonds. The van der Waals surface area contributed by atoms with Crippen LogP contribution in [0.15, 0.2) is 10.9 Å². The predicted molar refractivity (Wildman–Crippen MR) is 59.5 cm³/mol. The van der Waals surface area contributed by atoms with Gasteiger partial charge in [-0.1, -0.05) is 0 Å². The lowest BCUT2D eigenvalue weighted by atomic mass is 10.1. The van der Waals surface area contributed by atoms with E-state index < -0.39 is 55.1 Å². The summed E-state index contributed by atoms with van der Waals surface area (Å²) in [5.74, 6) is -4.82. The van der Waals surface area contributed by atoms with Gasteiger partial charge in [0.25, 0.3) is 0 Å². The number of nitrogens with zero attached hydrogens (tertiary/aromatic N) is 2. The molecule has 0 fully saturated rings. The van der Waals surface area contributed by atoms with E-state index in [1.807, 2.05) is 0 Å². The molecule has 0 unspecified atom stereocenters. The van der Waals surface area contributed by atoms with Gasteiger partial charge in [-0.15, -0.1) is 0 Å². The number of aromatic amines is 1. The zero-order chi connectivity index (χ0) is 15.2. The fourth-order valence-corrected chi connectivity index (χ4v) is 1.68. The Bertz CT molecular complexity index is 831. The van der Waals surface area contributed by atoms with Gasteiger partial charge >= 0.3 is 16.9 Å². The van der Waals surface area contributed by atoms with Crippen LogP contribution in [-0.4, -0.2) is 19.9 Å². The van der Waals surface area contributed by atoms with Crippen molar-refractivity contribution in [3.8, 4) is 5.75 Å². The van der Waals surface area contributed by atoms with Gasteiger partial charge in [0.15, 0.2) is 0 Å². The third-order valence-corrected chi connectivity index (χ3v) is 2.48. The fraction of sp³-hybridized carbons (Fsp3) is 0. The fourth-order valence-electron chi connectivity index (χ4n) is 1.68. The van der Waals surface area contributed by atoms with E-state index in [1.165, 1.54) is 0 Å². The summed E-state index contributed by atoms with van der Waals surface area (Å²) in [4.78, 5) is 31.5. The van der Waals surface area contributed by atoms with Gasteiger partial charge in [0.2, 0.25) is 17.4 Å². The highest BCUT2D eigenvalue weighted by Gasteiger charge is 2.31. The van der Waals surface area contributed by atoms with Crippen LogP contribution >= 0.6 is 0 Å². The molecule has 0 aliphatic heterocycles. The van der Waals surface area contributed by atoms with Crippen LogP contribution in [0.1, 0.15) is 0 Å². The molecule has 104 valence electrons. The van der Waals surface area contributed by atoms with Crippen molar-refractivity contribution in [2.24, 2.45) is 0 Å². The number of aromatic nitrogens is 1. The summed E-state index contributed by atoms with van der Waals surface area (Å²) in [5, 5.41) is 29.6. The number of nitrogens with one attached hydrogen (secondary N) is 1. The largest absolute Gasteiger partial charge is 0.501 e. The van der Waals surface area contributed by atoms with Crippen molar-refractivity contribution in [3.05, 3.63) is 48.3 Å². The van der Waals surface area contributed by atoms with Crippen LogP contribution in [0, 0.1) is 31.9 Å². The summed E-state index contributed by atoms with van der Waals surface area (Å²) in [6.45, 7) is 0. The Kier molecular flexibility index (Phi) is 2.81. The number of fused-ring (bicyclic) bond motifs is 1. The van der Waals surface area contributed by atoms with Gasteiger partial charge in [0.05, 0.1) is 20.7 Å². The predicted octanol–water partition coefficient (Wildman–Crippen LogP) is 1.33. The third kappa shape index (κ3) is 1.72. The first kappa shape index (κ1) is 13.3. The molecule has 0 saturated heterocycles. The Morgan fingerprint density at radius 1 is 1.15 bits per heavy atom. The van der Waals surface area contributed by atoms with Crippen molar-refractivity contribution >= 4 is 22.3 Å². The zero-order valence-corrected chi connectivity index (χ0v) is 9.22. The lowest BCUT2D eigenvalue weighted by molar-refractivity contribution is -0.390. The minimum atomic E-state index is -1.82. The molecule has 11 heteroatoms. The molecule has 2 rings (SSSR count). The average Bonchev–Trinajstić information content (AvgIpc) is 2.25. The van der Waals surface area contributed by atoms with Crippen molar-refractivity contribution < 1.29 is 23.7 Å². The number of nitro groups is 2. The maximum atomic E-state index is 13.8. The average molecular weight is 287 g/mol. The van der Waals surface area contributed by atoms with Gasteiger partial charge in [-0.2, -0.15) is 8.78 Å². The molecule has 0 radical (unpaired) electrons. The van der Waals surface area contributed by atoms with Gasteiger partial charge < -0.3 is 10.1 Å². The van der Waals surface area contributed by atoms with Crippen molar-refractivity contribution in [1.82, 2.24) is 4.98 Å². The van der Waals surface area contributed by atoms with Gasteiger partial charge in [-0.3, -0.25) is 25.0 Å². The van der Waals surface area contributed by atoms with Crippen molar-refractivity contribution in [3.63, 3.8) is 0 Å². The molecular weight excluding hydrogens is 284 g/mol. The van der Waals surface area contributed by atoms with Gasteiger partial charge in [-0.05, 0) is 0 Å². The Hall–Kier alpha value is -3.11. The first-order valence-corrected chi connectivity index (χ1v) is 4.81. The van der Waals surface area contributed by atoms with E-state index in [-0.39, 0.29) is 0 Å². The molecule has 0 spiro atoms. The number of rotatable bonds is 2. The van der Waals surface area contributed by atoms with Crippen molar-refractivity contribution in [2.45, 2.75) is 0 Å². The molecule has 1 aromatic heterocycles. The zero-order valence-electron chi connectivity index (χ0n) is 9.22. The number of hydrogen-bond acceptors (Lipinski definition) is 6. The Morgan fingerprint density at radius 3 is 2.20 bits per heavy atom. The second-order valence-corrected chi connectivity index (χ2v) is 3.61. The smallest absolute Gasteiger partial charge is 0.375 e. The normalized spacial score (nSPS) is 10.7. The topological polar surface area (TPSA) is 139 Å². The highest BCUT2D eigenvalue weighted by molar-refractivity contribution is 5.90. The molecule has 9 nitrogen and oxygen atoms in total. The molecule has 0 aliphatic rings. The lowest BCUT2D eigenvalue weighted by Crippen LogP contribution is -2.13. The van der Waals surface area contributed by atoms with Crippen LogP contribution < -0.4 is 5.56 Å². The van der Waals surface area contributed by atoms with Crippen LogP contribution in [0.3, 0.4) is 0 Å². The number of nitro benzene ring substituents is 1. The van der Waals surface area contributed by atoms with Gasteiger partial charge in [-0.25, -0.2) is 0 Å². The first-order valence-electron chi connectivity index (χ1n) is 4.81. The molecule has 0 saturated carbocycles. The summed E-state index contributed by atoms with van der Waals surface area (Å²) in [6.07, 6.45) is 0. The summed E-state index contributed by atoms with van der Waals surface area (Å²) in [5.41, 5.74) is -5.02. The van der Waals surface area contributed by atoms with E-state index in [9.17, 15) is 38.9 Å². The van der Waals surface area contributed by atoms with Crippen LogP contribution in [0.2, 0.25) is 0 Å². The van der Waals surface area contributed by atoms with E-state index in [2.05, 4.69) is 0 Å². The van der Waals surface area contributed by atoms with Crippen LogP contribution in [0.25, 0.3) is 10.9 Å². The number of halogens is 2. The number of benzene rings is 1. The summed E-state index contributed by atoms with van der Waals surface area (Å²) in [6, 6.07) is 0.390. The first-order chi connectivity index (χ1) is 9.25. The minimum Gasteiger partial charge on any atom is -0.501 e. The molecule has 2 N–H and O–H groups in total. The summed E-state index contributed by atoms with van der Waals surface area (Å²) >= 11 is 0. The van der Waals surface area contributed by atoms with Crippen LogP contribution in [0.4, 0.5) is 20.2 Å². The maximum Gasteiger partial charge on any atom is 0.375 e. The third-order valence-electron chi connectivity index (χ3n) is 2.48. The Labute approximate surface area is 106 Å². The second-order valence-electron chi connectivity index (χ2n) is 3.61. The second kappa shape index (κ2) is 4.22. The molecule has 1 aromatic carbocycles. The summed E-state index contributed by atoms with van der Waals surface area (Å²) < 4.78 is 27.2. The van der Waals surface area contributed by atoms with E-state index in [0.29, 0.717) is 6.07 Å². The molecule has 2 aromatic rings. The molecule has 0 atom stereocenters.